The Morgan fingerprint density at radius 3 is 2.79 bits per heavy atom. The van der Waals surface area contributed by atoms with E-state index in [9.17, 15) is 0 Å². The normalized spacial score (nSPS) is 19.5. The molecule has 0 amide bonds. The van der Waals surface area contributed by atoms with Gasteiger partial charge in [-0.25, -0.2) is 0 Å². The van der Waals surface area contributed by atoms with Gasteiger partial charge in [0.05, 0.1) is 0 Å². The predicted molar refractivity (Wildman–Crippen MR) is 79.8 cm³/mol. The minimum absolute atomic E-state index is 0.699. The molecule has 2 aromatic rings. The quantitative estimate of drug-likeness (QED) is 0.869. The van der Waals surface area contributed by atoms with Gasteiger partial charge in [-0.3, -0.25) is 0 Å². The summed E-state index contributed by atoms with van der Waals surface area (Å²) in [7, 11) is 0. The lowest BCUT2D eigenvalue weighted by molar-refractivity contribution is 0.636. The number of hydrogen-bond acceptors (Lipinski definition) is 1. The highest BCUT2D eigenvalue weighted by atomic mass is 14.9. The first kappa shape index (κ1) is 11.1. The maximum atomic E-state index is 3.62. The van der Waals surface area contributed by atoms with Crippen molar-refractivity contribution in [2.24, 2.45) is 0 Å². The second-order valence-corrected chi connectivity index (χ2v) is 5.82. The van der Waals surface area contributed by atoms with Crippen molar-refractivity contribution in [2.75, 3.05) is 11.9 Å². The van der Waals surface area contributed by atoms with Crippen molar-refractivity contribution < 1.29 is 0 Å². The molecule has 1 N–H and O–H groups in total. The van der Waals surface area contributed by atoms with Gasteiger partial charge in [0.1, 0.15) is 0 Å². The van der Waals surface area contributed by atoms with Gasteiger partial charge < -0.3 is 5.32 Å². The topological polar surface area (TPSA) is 12.0 Å². The second kappa shape index (κ2) is 4.41. The van der Waals surface area contributed by atoms with Crippen molar-refractivity contribution in [3.8, 4) is 0 Å². The van der Waals surface area contributed by atoms with E-state index < -0.39 is 0 Å². The third-order valence-corrected chi connectivity index (χ3v) is 4.61. The van der Waals surface area contributed by atoms with E-state index in [2.05, 4.69) is 47.8 Å². The summed E-state index contributed by atoms with van der Waals surface area (Å²) in [5, 5.41) is 3.62. The Bertz CT molecular complexity index is 615. The number of fused-ring (bicyclic) bond motifs is 2. The number of nitrogens with one attached hydrogen (secondary N) is 1. The van der Waals surface area contributed by atoms with Crippen LogP contribution in [0.25, 0.3) is 0 Å². The van der Waals surface area contributed by atoms with Gasteiger partial charge in [0.2, 0.25) is 0 Å². The Kier molecular flexibility index (Phi) is 2.58. The molecule has 0 heterocycles. The third kappa shape index (κ3) is 1.94. The second-order valence-electron chi connectivity index (χ2n) is 5.82. The van der Waals surface area contributed by atoms with E-state index in [1.807, 2.05) is 0 Å². The van der Waals surface area contributed by atoms with Gasteiger partial charge in [-0.15, -0.1) is 0 Å². The molecule has 0 saturated heterocycles. The summed E-state index contributed by atoms with van der Waals surface area (Å²) in [6.45, 7) is 1.07. The fraction of sp³-hybridized carbons (Fsp3) is 0.333. The molecule has 0 bridgehead atoms. The summed E-state index contributed by atoms with van der Waals surface area (Å²) in [4.78, 5) is 0. The maximum Gasteiger partial charge on any atom is 0.0343 e. The van der Waals surface area contributed by atoms with Gasteiger partial charge in [-0.2, -0.15) is 0 Å². The van der Waals surface area contributed by atoms with E-state index in [4.69, 9.17) is 0 Å². The summed E-state index contributed by atoms with van der Waals surface area (Å²) < 4.78 is 0. The summed E-state index contributed by atoms with van der Waals surface area (Å²) in [6, 6.07) is 15.7. The lowest BCUT2D eigenvalue weighted by atomic mass is 9.77. The van der Waals surface area contributed by atoms with E-state index >= 15 is 0 Å². The molecule has 0 aromatic heterocycles. The summed E-state index contributed by atoms with van der Waals surface area (Å²) in [5.41, 5.74) is 7.47. The molecule has 96 valence electrons. The minimum Gasteiger partial charge on any atom is -0.384 e. The predicted octanol–water partition coefficient (Wildman–Crippen LogP) is 3.93. The number of anilines is 1. The van der Waals surface area contributed by atoms with Gasteiger partial charge in [-0.1, -0.05) is 30.3 Å². The van der Waals surface area contributed by atoms with Gasteiger partial charge in [-0.05, 0) is 60.1 Å². The Hall–Kier alpha value is -1.76. The van der Waals surface area contributed by atoms with Crippen molar-refractivity contribution in [3.05, 3.63) is 64.7 Å². The number of rotatable bonds is 3. The maximum absolute atomic E-state index is 3.62. The molecule has 0 saturated carbocycles. The highest BCUT2D eigenvalue weighted by Gasteiger charge is 2.24. The van der Waals surface area contributed by atoms with Crippen molar-refractivity contribution in [2.45, 2.75) is 31.6 Å². The lowest BCUT2D eigenvalue weighted by Gasteiger charge is -2.30. The molecule has 4 rings (SSSR count). The van der Waals surface area contributed by atoms with Crippen LogP contribution in [0, 0.1) is 0 Å². The van der Waals surface area contributed by atoms with Crippen LogP contribution in [0.15, 0.2) is 42.5 Å². The first-order chi connectivity index (χ1) is 9.40. The molecule has 2 aliphatic rings. The van der Waals surface area contributed by atoms with E-state index in [0.29, 0.717) is 5.92 Å². The smallest absolute Gasteiger partial charge is 0.0343 e. The van der Waals surface area contributed by atoms with Crippen LogP contribution in [0.5, 0.6) is 0 Å². The Morgan fingerprint density at radius 2 is 1.84 bits per heavy atom. The van der Waals surface area contributed by atoms with Crippen LogP contribution in [-0.4, -0.2) is 6.54 Å². The van der Waals surface area contributed by atoms with Gasteiger partial charge in [0, 0.05) is 18.2 Å². The van der Waals surface area contributed by atoms with Crippen LogP contribution in [-0.2, 0) is 19.3 Å². The zero-order chi connectivity index (χ0) is 12.7. The molecule has 2 aliphatic carbocycles. The highest BCUT2D eigenvalue weighted by molar-refractivity contribution is 5.51. The van der Waals surface area contributed by atoms with E-state index in [1.54, 1.807) is 11.1 Å². The first-order valence-corrected chi connectivity index (χ1v) is 7.33. The molecule has 2 aromatic carbocycles. The molecular formula is C18H19N. The molecule has 1 unspecified atom stereocenters. The Balaban J connectivity index is 1.44. The molecule has 19 heavy (non-hydrogen) atoms. The average Bonchev–Trinajstić information content (AvgIpc) is 2.87. The molecule has 1 heteroatoms. The first-order valence-electron chi connectivity index (χ1n) is 7.33. The van der Waals surface area contributed by atoms with E-state index in [-0.39, 0.29) is 0 Å². The summed E-state index contributed by atoms with van der Waals surface area (Å²) >= 11 is 0. The van der Waals surface area contributed by atoms with Crippen molar-refractivity contribution >= 4 is 5.69 Å². The van der Waals surface area contributed by atoms with Crippen LogP contribution < -0.4 is 5.32 Å². The van der Waals surface area contributed by atoms with E-state index in [0.717, 1.165) is 6.54 Å². The zero-order valence-corrected chi connectivity index (χ0v) is 11.2. The van der Waals surface area contributed by atoms with Crippen LogP contribution in [0.4, 0.5) is 5.69 Å². The van der Waals surface area contributed by atoms with Gasteiger partial charge in [0.15, 0.2) is 0 Å². The molecule has 1 atom stereocenters. The van der Waals surface area contributed by atoms with Crippen molar-refractivity contribution in [1.29, 1.82) is 0 Å². The van der Waals surface area contributed by atoms with Crippen molar-refractivity contribution in [3.63, 3.8) is 0 Å². The van der Waals surface area contributed by atoms with Crippen LogP contribution >= 0.6 is 0 Å². The largest absolute Gasteiger partial charge is 0.384 e. The SMILES string of the molecule is c1ccc2c(c1)CC2CNc1ccc2c(c1)CCC2. The lowest BCUT2D eigenvalue weighted by Crippen LogP contribution is -2.24. The summed E-state index contributed by atoms with van der Waals surface area (Å²) in [5.74, 6) is 0.699. The molecule has 0 fully saturated rings. The third-order valence-electron chi connectivity index (χ3n) is 4.61. The number of hydrogen-bond donors (Lipinski definition) is 1. The van der Waals surface area contributed by atoms with Crippen LogP contribution in [0.3, 0.4) is 0 Å². The Labute approximate surface area is 114 Å². The number of benzene rings is 2. The zero-order valence-electron chi connectivity index (χ0n) is 11.2. The average molecular weight is 249 g/mol. The fourth-order valence-corrected chi connectivity index (χ4v) is 3.47. The summed E-state index contributed by atoms with van der Waals surface area (Å²) in [6.07, 6.45) is 5.09. The molecule has 0 spiro atoms. The van der Waals surface area contributed by atoms with Gasteiger partial charge >= 0.3 is 0 Å². The molecular weight excluding hydrogens is 230 g/mol. The monoisotopic (exact) mass is 249 g/mol. The van der Waals surface area contributed by atoms with Gasteiger partial charge in [0.25, 0.3) is 0 Å². The van der Waals surface area contributed by atoms with Crippen LogP contribution in [0.1, 0.15) is 34.6 Å². The standard InChI is InChI=1S/C18H19N/c1-2-7-18-15(4-1)10-16(18)12-19-17-9-8-13-5-3-6-14(13)11-17/h1-2,4,7-9,11,16,19H,3,5-6,10,12H2. The van der Waals surface area contributed by atoms with Crippen molar-refractivity contribution in [1.82, 2.24) is 0 Å². The molecule has 0 radical (unpaired) electrons. The van der Waals surface area contributed by atoms with Crippen LogP contribution in [0.2, 0.25) is 0 Å². The molecule has 1 nitrogen and oxygen atoms in total. The number of aryl methyl sites for hydroxylation is 2. The fourth-order valence-electron chi connectivity index (χ4n) is 3.47. The molecule has 0 aliphatic heterocycles. The minimum atomic E-state index is 0.699. The van der Waals surface area contributed by atoms with E-state index in [1.165, 1.54) is 42.5 Å². The highest BCUT2D eigenvalue weighted by Crippen LogP contribution is 2.35. The Morgan fingerprint density at radius 1 is 0.947 bits per heavy atom.